The minimum Gasteiger partial charge on any atom is -0.480 e. The van der Waals surface area contributed by atoms with Crippen molar-refractivity contribution < 1.29 is 24.0 Å². The molecule has 0 spiro atoms. The van der Waals surface area contributed by atoms with Gasteiger partial charge < -0.3 is 14.4 Å². The second kappa shape index (κ2) is 5.09. The molecule has 1 amide bonds. The molecule has 1 rings (SSSR count). The summed E-state index contributed by atoms with van der Waals surface area (Å²) in [7, 11) is 0. The number of rotatable bonds is 4. The maximum absolute atomic E-state index is 12.1. The van der Waals surface area contributed by atoms with Gasteiger partial charge in [-0.25, -0.2) is 0 Å². The van der Waals surface area contributed by atoms with Crippen molar-refractivity contribution in [3.63, 3.8) is 0 Å². The number of furan rings is 1. The number of hydrogen-bond acceptors (Lipinski definition) is 5. The second-order valence-electron chi connectivity index (χ2n) is 4.85. The Bertz CT molecular complexity index is 514. The van der Waals surface area contributed by atoms with Crippen LogP contribution < -0.4 is 0 Å². The van der Waals surface area contributed by atoms with Crippen molar-refractivity contribution in [3.05, 3.63) is 28.0 Å². The predicted molar refractivity (Wildman–Crippen MR) is 63.8 cm³/mol. The fraction of sp³-hybridized carbons (Fsp3) is 0.455. The van der Waals surface area contributed by atoms with E-state index in [9.17, 15) is 19.7 Å². The average Bonchev–Trinajstić information content (AvgIpc) is 2.72. The van der Waals surface area contributed by atoms with E-state index in [4.69, 9.17) is 9.52 Å². The van der Waals surface area contributed by atoms with Gasteiger partial charge in [0.15, 0.2) is 5.76 Å². The Morgan fingerprint density at radius 1 is 1.42 bits per heavy atom. The topological polar surface area (TPSA) is 114 Å². The molecule has 0 atom stereocenters. The van der Waals surface area contributed by atoms with Gasteiger partial charge in [-0.05, 0) is 26.8 Å². The molecule has 0 aliphatic heterocycles. The van der Waals surface area contributed by atoms with Crippen LogP contribution in [0.15, 0.2) is 16.5 Å². The summed E-state index contributed by atoms with van der Waals surface area (Å²) in [5, 5.41) is 19.3. The Kier molecular flexibility index (Phi) is 3.93. The summed E-state index contributed by atoms with van der Waals surface area (Å²) < 4.78 is 4.78. The van der Waals surface area contributed by atoms with E-state index >= 15 is 0 Å². The average molecular weight is 270 g/mol. The zero-order valence-electron chi connectivity index (χ0n) is 10.7. The van der Waals surface area contributed by atoms with E-state index in [2.05, 4.69) is 0 Å². The Balaban J connectivity index is 3.05. The molecule has 0 bridgehead atoms. The summed E-state index contributed by atoms with van der Waals surface area (Å²) in [4.78, 5) is 33.7. The Morgan fingerprint density at radius 2 is 2.00 bits per heavy atom. The zero-order valence-corrected chi connectivity index (χ0v) is 10.7. The third-order valence-corrected chi connectivity index (χ3v) is 2.33. The summed E-state index contributed by atoms with van der Waals surface area (Å²) in [5.41, 5.74) is -0.753. The van der Waals surface area contributed by atoms with Crippen molar-refractivity contribution in [3.8, 4) is 0 Å². The van der Waals surface area contributed by atoms with Crippen molar-refractivity contribution in [2.24, 2.45) is 0 Å². The van der Waals surface area contributed by atoms with Crippen molar-refractivity contribution in [1.82, 2.24) is 4.90 Å². The highest BCUT2D eigenvalue weighted by molar-refractivity contribution is 5.94. The normalized spacial score (nSPS) is 11.1. The van der Waals surface area contributed by atoms with Crippen LogP contribution in [0.25, 0.3) is 0 Å². The largest absolute Gasteiger partial charge is 0.480 e. The maximum atomic E-state index is 12.1. The SMILES string of the molecule is CC(C)(C)N(CC(=O)O)C(=O)c1ccc([N+](=O)[O-])o1. The molecule has 0 aromatic carbocycles. The van der Waals surface area contributed by atoms with Crippen molar-refractivity contribution in [2.45, 2.75) is 26.3 Å². The number of nitro groups is 1. The van der Waals surface area contributed by atoms with Gasteiger partial charge in [-0.15, -0.1) is 0 Å². The van der Waals surface area contributed by atoms with Crippen LogP contribution in [-0.4, -0.2) is 38.9 Å². The molecule has 104 valence electrons. The van der Waals surface area contributed by atoms with Gasteiger partial charge in [-0.2, -0.15) is 0 Å². The molecular formula is C11H14N2O6. The van der Waals surface area contributed by atoms with E-state index in [1.165, 1.54) is 0 Å². The number of carboxylic acids is 1. The first-order chi connectivity index (χ1) is 8.62. The van der Waals surface area contributed by atoms with Crippen LogP contribution in [0.1, 0.15) is 31.3 Å². The van der Waals surface area contributed by atoms with E-state index < -0.39 is 34.8 Å². The van der Waals surface area contributed by atoms with Gasteiger partial charge in [-0.1, -0.05) is 0 Å². The van der Waals surface area contributed by atoms with Gasteiger partial charge in [0.1, 0.15) is 11.5 Å². The Labute approximate surface area is 108 Å². The lowest BCUT2D eigenvalue weighted by Crippen LogP contribution is -2.48. The summed E-state index contributed by atoms with van der Waals surface area (Å²) in [6, 6.07) is 2.20. The second-order valence-corrected chi connectivity index (χ2v) is 4.85. The molecule has 0 unspecified atom stereocenters. The molecular weight excluding hydrogens is 256 g/mol. The van der Waals surface area contributed by atoms with Gasteiger partial charge in [-0.3, -0.25) is 19.7 Å². The van der Waals surface area contributed by atoms with Gasteiger partial charge >= 0.3 is 11.9 Å². The van der Waals surface area contributed by atoms with E-state index in [1.54, 1.807) is 20.8 Å². The van der Waals surface area contributed by atoms with Crippen molar-refractivity contribution in [1.29, 1.82) is 0 Å². The number of hydrogen-bond donors (Lipinski definition) is 1. The van der Waals surface area contributed by atoms with E-state index in [0.29, 0.717) is 0 Å². The van der Waals surface area contributed by atoms with Crippen LogP contribution in [-0.2, 0) is 4.79 Å². The monoisotopic (exact) mass is 270 g/mol. The number of carbonyl (C=O) groups is 2. The maximum Gasteiger partial charge on any atom is 0.433 e. The highest BCUT2D eigenvalue weighted by Crippen LogP contribution is 2.21. The van der Waals surface area contributed by atoms with E-state index in [1.807, 2.05) is 0 Å². The Morgan fingerprint density at radius 3 is 2.37 bits per heavy atom. The highest BCUT2D eigenvalue weighted by Gasteiger charge is 2.31. The third kappa shape index (κ3) is 3.54. The quantitative estimate of drug-likeness (QED) is 0.655. The summed E-state index contributed by atoms with van der Waals surface area (Å²) in [6.07, 6.45) is 0. The molecule has 1 aromatic heterocycles. The first-order valence-corrected chi connectivity index (χ1v) is 5.41. The highest BCUT2D eigenvalue weighted by atomic mass is 16.6. The lowest BCUT2D eigenvalue weighted by molar-refractivity contribution is -0.402. The van der Waals surface area contributed by atoms with Crippen LogP contribution in [0, 0.1) is 10.1 Å². The van der Waals surface area contributed by atoms with Crippen molar-refractivity contribution >= 4 is 17.8 Å². The minimum absolute atomic E-state index is 0.261. The molecule has 0 saturated carbocycles. The fourth-order valence-corrected chi connectivity index (χ4v) is 1.42. The fourth-order valence-electron chi connectivity index (χ4n) is 1.42. The smallest absolute Gasteiger partial charge is 0.433 e. The predicted octanol–water partition coefficient (Wildman–Crippen LogP) is 1.51. The summed E-state index contributed by atoms with van der Waals surface area (Å²) in [5.74, 6) is -2.71. The molecule has 0 radical (unpaired) electrons. The summed E-state index contributed by atoms with van der Waals surface area (Å²) >= 11 is 0. The van der Waals surface area contributed by atoms with Crippen molar-refractivity contribution in [2.75, 3.05) is 6.54 Å². The molecule has 0 fully saturated rings. The molecule has 8 nitrogen and oxygen atoms in total. The summed E-state index contributed by atoms with van der Waals surface area (Å²) in [6.45, 7) is 4.46. The molecule has 0 aliphatic rings. The standard InChI is InChI=1S/C11H14N2O6/c1-11(2,3)12(6-9(14)15)10(16)7-4-5-8(19-7)13(17)18/h4-5H,6H2,1-3H3,(H,14,15). The molecule has 0 saturated heterocycles. The van der Waals surface area contributed by atoms with E-state index in [0.717, 1.165) is 17.0 Å². The molecule has 19 heavy (non-hydrogen) atoms. The van der Waals surface area contributed by atoms with E-state index in [-0.39, 0.29) is 5.76 Å². The zero-order chi connectivity index (χ0) is 14.8. The molecule has 8 heteroatoms. The van der Waals surface area contributed by atoms with Gasteiger partial charge in [0.05, 0.1) is 6.07 Å². The van der Waals surface area contributed by atoms with Crippen LogP contribution in [0.4, 0.5) is 5.88 Å². The first kappa shape index (κ1) is 14.7. The third-order valence-electron chi connectivity index (χ3n) is 2.33. The molecule has 1 heterocycles. The van der Waals surface area contributed by atoms with Crippen LogP contribution in [0.3, 0.4) is 0 Å². The molecule has 1 aromatic rings. The van der Waals surface area contributed by atoms with Gasteiger partial charge in [0.25, 0.3) is 5.91 Å². The van der Waals surface area contributed by atoms with Crippen LogP contribution in [0.2, 0.25) is 0 Å². The lowest BCUT2D eigenvalue weighted by atomic mass is 10.1. The van der Waals surface area contributed by atoms with Gasteiger partial charge in [0.2, 0.25) is 0 Å². The van der Waals surface area contributed by atoms with Crippen LogP contribution >= 0.6 is 0 Å². The van der Waals surface area contributed by atoms with Crippen LogP contribution in [0.5, 0.6) is 0 Å². The number of carbonyl (C=O) groups excluding carboxylic acids is 1. The number of aliphatic carboxylic acids is 1. The number of nitrogens with zero attached hydrogens (tertiary/aromatic N) is 2. The molecule has 0 aliphatic carbocycles. The van der Waals surface area contributed by atoms with Gasteiger partial charge in [0, 0.05) is 5.54 Å². The first-order valence-electron chi connectivity index (χ1n) is 5.41. The lowest BCUT2D eigenvalue weighted by Gasteiger charge is -2.33. The minimum atomic E-state index is -1.18. The number of carboxylic acid groups (broad SMARTS) is 1. The molecule has 1 N–H and O–H groups in total. The Hall–Kier alpha value is -2.38. The number of amides is 1.